The molecule has 5 rings (SSSR count). The third-order valence-electron chi connectivity index (χ3n) is 5.53. The molecule has 3 aromatic heterocycles. The van der Waals surface area contributed by atoms with E-state index in [0.29, 0.717) is 28.0 Å². The first-order valence-corrected chi connectivity index (χ1v) is 10.6. The van der Waals surface area contributed by atoms with Crippen LogP contribution in [0, 0.1) is 6.92 Å². The molecule has 4 heterocycles. The lowest BCUT2D eigenvalue weighted by molar-refractivity contribution is -0.116. The minimum Gasteiger partial charge on any atom is -0.358 e. The van der Waals surface area contributed by atoms with Crippen LogP contribution in [-0.2, 0) is 16.6 Å². The van der Waals surface area contributed by atoms with Gasteiger partial charge in [-0.15, -0.1) is 11.3 Å². The highest BCUT2D eigenvalue weighted by atomic mass is 32.1. The van der Waals surface area contributed by atoms with Crippen LogP contribution in [0.2, 0.25) is 0 Å². The minimum atomic E-state index is -0.768. The molecule has 156 valence electrons. The highest BCUT2D eigenvalue weighted by Gasteiger charge is 2.35. The van der Waals surface area contributed by atoms with E-state index < -0.39 is 11.7 Å². The largest absolute Gasteiger partial charge is 0.358 e. The van der Waals surface area contributed by atoms with Gasteiger partial charge in [0.25, 0.3) is 11.7 Å². The number of hydrogen-bond donors (Lipinski definition) is 3. The third kappa shape index (κ3) is 3.14. The fourth-order valence-corrected chi connectivity index (χ4v) is 5.00. The van der Waals surface area contributed by atoms with Gasteiger partial charge in [-0.1, -0.05) is 24.3 Å². The molecule has 0 spiro atoms. The van der Waals surface area contributed by atoms with Crippen LogP contribution >= 0.6 is 11.3 Å². The molecule has 0 saturated carbocycles. The van der Waals surface area contributed by atoms with Crippen LogP contribution in [0.4, 0.5) is 11.6 Å². The number of H-pyrrole nitrogens is 1. The van der Waals surface area contributed by atoms with Gasteiger partial charge >= 0.3 is 0 Å². The number of benzene rings is 1. The van der Waals surface area contributed by atoms with E-state index in [1.807, 2.05) is 41.8 Å². The summed E-state index contributed by atoms with van der Waals surface area (Å²) in [6.45, 7) is 1.77. The van der Waals surface area contributed by atoms with Crippen LogP contribution in [0.15, 0.2) is 41.8 Å². The maximum atomic E-state index is 13.0. The molecule has 4 aromatic rings. The van der Waals surface area contributed by atoms with Crippen molar-refractivity contribution in [2.24, 2.45) is 7.05 Å². The molecule has 0 aliphatic carbocycles. The molecule has 1 atom stereocenters. The van der Waals surface area contributed by atoms with Gasteiger partial charge in [0, 0.05) is 46.4 Å². The Morgan fingerprint density at radius 3 is 2.81 bits per heavy atom. The Balaban J connectivity index is 1.52. The van der Waals surface area contributed by atoms with Gasteiger partial charge in [-0.3, -0.25) is 19.1 Å². The number of amides is 2. The summed E-state index contributed by atoms with van der Waals surface area (Å²) in [4.78, 5) is 42.4. The van der Waals surface area contributed by atoms with Crippen molar-refractivity contribution < 1.29 is 14.4 Å². The van der Waals surface area contributed by atoms with Crippen molar-refractivity contribution in [2.45, 2.75) is 19.3 Å². The van der Waals surface area contributed by atoms with Crippen LogP contribution < -0.4 is 10.6 Å². The highest BCUT2D eigenvalue weighted by molar-refractivity contribution is 7.10. The number of fused-ring (bicyclic) bond motifs is 2. The van der Waals surface area contributed by atoms with Gasteiger partial charge in [-0.25, -0.2) is 0 Å². The fourth-order valence-electron chi connectivity index (χ4n) is 4.16. The molecular formula is C22H19N5O3S. The topological polar surface area (TPSA) is 109 Å². The van der Waals surface area contributed by atoms with Gasteiger partial charge in [-0.2, -0.15) is 5.10 Å². The van der Waals surface area contributed by atoms with Gasteiger partial charge in [0.15, 0.2) is 5.82 Å². The van der Waals surface area contributed by atoms with Gasteiger partial charge in [-0.05, 0) is 24.4 Å². The molecule has 1 aromatic carbocycles. The molecule has 0 bridgehead atoms. The van der Waals surface area contributed by atoms with Crippen LogP contribution in [0.5, 0.6) is 0 Å². The van der Waals surface area contributed by atoms with Crippen molar-refractivity contribution in [3.63, 3.8) is 0 Å². The Bertz CT molecular complexity index is 1350. The summed E-state index contributed by atoms with van der Waals surface area (Å²) in [7, 11) is 1.69. The van der Waals surface area contributed by atoms with Gasteiger partial charge in [0.2, 0.25) is 5.91 Å². The van der Waals surface area contributed by atoms with Crippen molar-refractivity contribution in [1.29, 1.82) is 0 Å². The minimum absolute atomic E-state index is 0.114. The number of Topliss-reactive ketones (excluding diaryl/α,β-unsaturated/α-hetero) is 1. The number of rotatable bonds is 4. The average molecular weight is 433 g/mol. The van der Waals surface area contributed by atoms with E-state index in [1.54, 1.807) is 14.0 Å². The lowest BCUT2D eigenvalue weighted by Gasteiger charge is -2.22. The van der Waals surface area contributed by atoms with Crippen LogP contribution in [0.3, 0.4) is 0 Å². The Hall–Kier alpha value is -3.72. The second kappa shape index (κ2) is 7.21. The average Bonchev–Trinajstić information content (AvgIpc) is 3.45. The number of anilines is 2. The number of nitrogens with one attached hydrogen (secondary N) is 3. The van der Waals surface area contributed by atoms with Crippen molar-refractivity contribution in [3.8, 4) is 0 Å². The third-order valence-corrected chi connectivity index (χ3v) is 6.51. The van der Waals surface area contributed by atoms with Crippen LogP contribution in [-0.4, -0.2) is 32.4 Å². The number of carbonyl (C=O) groups excluding carboxylic acids is 3. The summed E-state index contributed by atoms with van der Waals surface area (Å²) in [5.41, 5.74) is 2.49. The highest BCUT2D eigenvalue weighted by Crippen LogP contribution is 2.42. The summed E-state index contributed by atoms with van der Waals surface area (Å²) in [5.74, 6) is -0.945. The maximum absolute atomic E-state index is 13.0. The maximum Gasteiger partial charge on any atom is 0.298 e. The van der Waals surface area contributed by atoms with Crippen molar-refractivity contribution >= 4 is 51.5 Å². The molecule has 1 unspecified atom stereocenters. The number of thiophene rings is 1. The molecule has 1 aliphatic heterocycles. The van der Waals surface area contributed by atoms with Crippen molar-refractivity contribution in [1.82, 2.24) is 14.8 Å². The number of carbonyl (C=O) groups is 3. The normalized spacial score (nSPS) is 15.5. The lowest BCUT2D eigenvalue weighted by atomic mass is 9.92. The predicted molar refractivity (Wildman–Crippen MR) is 119 cm³/mol. The monoisotopic (exact) mass is 433 g/mol. The summed E-state index contributed by atoms with van der Waals surface area (Å²) >= 11 is 1.54. The van der Waals surface area contributed by atoms with E-state index in [4.69, 9.17) is 0 Å². The number of hydrogen-bond acceptors (Lipinski definition) is 5. The van der Waals surface area contributed by atoms with Gasteiger partial charge < -0.3 is 15.6 Å². The Kier molecular flexibility index (Phi) is 4.48. The van der Waals surface area contributed by atoms with Gasteiger partial charge in [0.05, 0.1) is 5.56 Å². The predicted octanol–water partition coefficient (Wildman–Crippen LogP) is 3.57. The smallest absolute Gasteiger partial charge is 0.298 e. The number of ketones is 1. The van der Waals surface area contributed by atoms with Crippen LogP contribution in [0.1, 0.15) is 38.8 Å². The number of aryl methyl sites for hydroxylation is 2. The number of nitrogens with zero attached hydrogens (tertiary/aromatic N) is 2. The lowest BCUT2D eigenvalue weighted by Crippen LogP contribution is -2.26. The number of aromatic amines is 1. The van der Waals surface area contributed by atoms with E-state index in [2.05, 4.69) is 20.7 Å². The first-order chi connectivity index (χ1) is 14.9. The zero-order valence-electron chi connectivity index (χ0n) is 16.9. The van der Waals surface area contributed by atoms with E-state index >= 15 is 0 Å². The summed E-state index contributed by atoms with van der Waals surface area (Å²) in [6.07, 6.45) is 0.248. The molecule has 9 heteroatoms. The summed E-state index contributed by atoms with van der Waals surface area (Å²) in [5, 5.41) is 12.6. The quantitative estimate of drug-likeness (QED) is 0.338. The van der Waals surface area contributed by atoms with Crippen molar-refractivity contribution in [2.75, 3.05) is 10.6 Å². The SMILES string of the molecule is Cc1[nH]c2ccccc2c1C(=O)C(=O)Nc1nn(C)c2c1C(c1cccs1)CC(=O)N2. The van der Waals surface area contributed by atoms with E-state index in [1.165, 1.54) is 16.0 Å². The molecule has 2 amide bonds. The first kappa shape index (κ1) is 19.3. The molecule has 1 aliphatic rings. The molecule has 0 radical (unpaired) electrons. The van der Waals surface area contributed by atoms with E-state index in [9.17, 15) is 14.4 Å². The van der Waals surface area contributed by atoms with E-state index in [0.717, 1.165) is 10.4 Å². The Morgan fingerprint density at radius 2 is 2.03 bits per heavy atom. The zero-order valence-corrected chi connectivity index (χ0v) is 17.7. The zero-order chi connectivity index (χ0) is 21.7. The molecule has 3 N–H and O–H groups in total. The Morgan fingerprint density at radius 1 is 1.23 bits per heavy atom. The number of para-hydroxylation sites is 1. The molecule has 8 nitrogen and oxygen atoms in total. The molecular weight excluding hydrogens is 414 g/mol. The molecule has 31 heavy (non-hydrogen) atoms. The van der Waals surface area contributed by atoms with Crippen LogP contribution in [0.25, 0.3) is 10.9 Å². The van der Waals surface area contributed by atoms with Crippen molar-refractivity contribution in [3.05, 3.63) is 63.5 Å². The molecule has 0 fully saturated rings. The Labute approximate surface area is 181 Å². The first-order valence-electron chi connectivity index (χ1n) is 9.77. The summed E-state index contributed by atoms with van der Waals surface area (Å²) in [6, 6.07) is 11.2. The second-order valence-corrected chi connectivity index (χ2v) is 8.49. The standard InChI is InChI=1S/C22H19N5O3S/c1-11-17(12-6-3-4-7-14(12)23-11)19(29)22(30)25-20-18-13(15-8-5-9-31-15)10-16(28)24-21(18)27(2)26-20/h3-9,13,23H,10H2,1-2H3,(H,24,28)(H,25,26,30). The van der Waals surface area contributed by atoms with Gasteiger partial charge in [0.1, 0.15) is 5.82 Å². The molecule has 0 saturated heterocycles. The fraction of sp³-hybridized carbons (Fsp3) is 0.182. The van der Waals surface area contributed by atoms with E-state index in [-0.39, 0.29) is 24.1 Å². The number of aromatic nitrogens is 3. The summed E-state index contributed by atoms with van der Waals surface area (Å²) < 4.78 is 1.52. The second-order valence-electron chi connectivity index (χ2n) is 7.51.